The highest BCUT2D eigenvalue weighted by Crippen LogP contribution is 2.17. The van der Waals surface area contributed by atoms with E-state index in [1.165, 1.54) is 83.5 Å². The average molecular weight is 480 g/mol. The molecule has 0 radical (unpaired) electrons. The van der Waals surface area contributed by atoms with E-state index in [4.69, 9.17) is 4.74 Å². The summed E-state index contributed by atoms with van der Waals surface area (Å²) in [5.74, 6) is 13.2. The molecule has 3 nitrogen and oxygen atoms in total. The van der Waals surface area contributed by atoms with Gasteiger partial charge in [0.05, 0.1) is 7.11 Å². The molecule has 1 amide bonds. The SMILES string of the molecule is CCCCCCCCCCCCC#CC#CCCCCCCCCC(=O)Nc1cccc(OC)c1. The van der Waals surface area contributed by atoms with Crippen LogP contribution >= 0.6 is 0 Å². The van der Waals surface area contributed by atoms with Crippen LogP contribution in [0.1, 0.15) is 129 Å². The average Bonchev–Trinajstić information content (AvgIpc) is 2.87. The van der Waals surface area contributed by atoms with Crippen molar-refractivity contribution in [1.82, 2.24) is 0 Å². The Morgan fingerprint density at radius 2 is 1.26 bits per heavy atom. The molecule has 0 saturated heterocycles. The molecule has 0 unspecified atom stereocenters. The van der Waals surface area contributed by atoms with Crippen molar-refractivity contribution in [2.45, 2.75) is 129 Å². The number of carbonyl (C=O) groups excluding carboxylic acids is 1. The lowest BCUT2D eigenvalue weighted by atomic mass is 10.1. The molecular formula is C32H49NO2. The van der Waals surface area contributed by atoms with Gasteiger partial charge in [-0.3, -0.25) is 4.79 Å². The van der Waals surface area contributed by atoms with Crippen molar-refractivity contribution < 1.29 is 9.53 Å². The van der Waals surface area contributed by atoms with Crippen molar-refractivity contribution in [3.63, 3.8) is 0 Å². The molecule has 3 heteroatoms. The Balaban J connectivity index is 1.86. The van der Waals surface area contributed by atoms with Gasteiger partial charge in [-0.15, -0.1) is 0 Å². The fourth-order valence-electron chi connectivity index (χ4n) is 4.04. The predicted molar refractivity (Wildman–Crippen MR) is 151 cm³/mol. The minimum atomic E-state index is 0.0720. The molecule has 0 bridgehead atoms. The molecule has 0 aliphatic carbocycles. The maximum absolute atomic E-state index is 12.0. The minimum absolute atomic E-state index is 0.0720. The normalized spacial score (nSPS) is 10.1. The molecule has 1 aromatic rings. The molecule has 1 rings (SSSR count). The molecule has 35 heavy (non-hydrogen) atoms. The number of rotatable bonds is 20. The lowest BCUT2D eigenvalue weighted by Gasteiger charge is -2.07. The lowest BCUT2D eigenvalue weighted by Crippen LogP contribution is -2.11. The Labute approximate surface area is 216 Å². The summed E-state index contributed by atoms with van der Waals surface area (Å²) in [7, 11) is 1.63. The van der Waals surface area contributed by atoms with Crippen LogP contribution in [0.4, 0.5) is 5.69 Å². The van der Waals surface area contributed by atoms with Gasteiger partial charge < -0.3 is 10.1 Å². The number of hydrogen-bond acceptors (Lipinski definition) is 2. The van der Waals surface area contributed by atoms with Gasteiger partial charge in [0.15, 0.2) is 0 Å². The van der Waals surface area contributed by atoms with E-state index in [1.54, 1.807) is 7.11 Å². The summed E-state index contributed by atoms with van der Waals surface area (Å²) in [6.45, 7) is 2.27. The molecule has 0 atom stereocenters. The summed E-state index contributed by atoms with van der Waals surface area (Å²) < 4.78 is 5.18. The summed E-state index contributed by atoms with van der Waals surface area (Å²) in [6, 6.07) is 7.47. The van der Waals surface area contributed by atoms with Crippen LogP contribution in [0.15, 0.2) is 24.3 Å². The van der Waals surface area contributed by atoms with Crippen LogP contribution in [0, 0.1) is 23.7 Å². The molecule has 0 saturated carbocycles. The Morgan fingerprint density at radius 1 is 0.743 bits per heavy atom. The maximum atomic E-state index is 12.0. The van der Waals surface area contributed by atoms with Gasteiger partial charge in [-0.1, -0.05) is 108 Å². The van der Waals surface area contributed by atoms with E-state index < -0.39 is 0 Å². The van der Waals surface area contributed by atoms with Crippen LogP contribution in [-0.2, 0) is 4.79 Å². The van der Waals surface area contributed by atoms with E-state index in [0.29, 0.717) is 6.42 Å². The van der Waals surface area contributed by atoms with Crippen LogP contribution in [0.5, 0.6) is 5.75 Å². The summed E-state index contributed by atoms with van der Waals surface area (Å²) in [5.41, 5.74) is 0.791. The Bertz CT molecular complexity index is 778. The molecule has 0 aromatic heterocycles. The van der Waals surface area contributed by atoms with Gasteiger partial charge in [-0.05, 0) is 43.2 Å². The summed E-state index contributed by atoms with van der Waals surface area (Å²) in [6.07, 6.45) is 22.9. The smallest absolute Gasteiger partial charge is 0.224 e. The molecule has 0 aliphatic rings. The number of hydrogen-bond donors (Lipinski definition) is 1. The zero-order valence-corrected chi connectivity index (χ0v) is 22.6. The van der Waals surface area contributed by atoms with Gasteiger partial charge >= 0.3 is 0 Å². The van der Waals surface area contributed by atoms with Crippen molar-refractivity contribution in [3.8, 4) is 29.4 Å². The highest BCUT2D eigenvalue weighted by Gasteiger charge is 2.03. The molecule has 0 aliphatic heterocycles. The highest BCUT2D eigenvalue weighted by atomic mass is 16.5. The lowest BCUT2D eigenvalue weighted by molar-refractivity contribution is -0.116. The number of unbranched alkanes of at least 4 members (excludes halogenated alkanes) is 16. The third kappa shape index (κ3) is 19.6. The first kappa shape index (κ1) is 30.6. The van der Waals surface area contributed by atoms with Crippen LogP contribution in [0.3, 0.4) is 0 Å². The Hall–Kier alpha value is -2.39. The fourth-order valence-corrected chi connectivity index (χ4v) is 4.04. The quantitative estimate of drug-likeness (QED) is 0.150. The van der Waals surface area contributed by atoms with Gasteiger partial charge in [-0.2, -0.15) is 0 Å². The molecule has 194 valence electrons. The summed E-state index contributed by atoms with van der Waals surface area (Å²) in [5, 5.41) is 2.94. The number of nitrogens with one attached hydrogen (secondary N) is 1. The first-order chi connectivity index (χ1) is 17.3. The number of ether oxygens (including phenoxy) is 1. The topological polar surface area (TPSA) is 38.3 Å². The second-order valence-electron chi connectivity index (χ2n) is 9.44. The monoisotopic (exact) mass is 479 g/mol. The van der Waals surface area contributed by atoms with Crippen molar-refractivity contribution in [3.05, 3.63) is 24.3 Å². The molecule has 1 N–H and O–H groups in total. The van der Waals surface area contributed by atoms with Crippen molar-refractivity contribution >= 4 is 11.6 Å². The summed E-state index contributed by atoms with van der Waals surface area (Å²) >= 11 is 0. The second kappa shape index (κ2) is 23.4. The van der Waals surface area contributed by atoms with E-state index in [1.807, 2.05) is 24.3 Å². The van der Waals surface area contributed by atoms with Gasteiger partial charge in [0, 0.05) is 31.0 Å². The first-order valence-corrected chi connectivity index (χ1v) is 14.2. The second-order valence-corrected chi connectivity index (χ2v) is 9.44. The van der Waals surface area contributed by atoms with E-state index in [-0.39, 0.29) is 5.91 Å². The van der Waals surface area contributed by atoms with Crippen LogP contribution < -0.4 is 10.1 Å². The maximum Gasteiger partial charge on any atom is 0.224 e. The molecule has 0 fully saturated rings. The Kier molecular flexibility index (Phi) is 20.4. The van der Waals surface area contributed by atoms with E-state index in [9.17, 15) is 4.79 Å². The number of benzene rings is 1. The van der Waals surface area contributed by atoms with E-state index in [2.05, 4.69) is 35.9 Å². The van der Waals surface area contributed by atoms with E-state index >= 15 is 0 Å². The number of amides is 1. The summed E-state index contributed by atoms with van der Waals surface area (Å²) in [4.78, 5) is 12.0. The molecular weight excluding hydrogens is 430 g/mol. The third-order valence-electron chi connectivity index (χ3n) is 6.20. The molecule has 0 heterocycles. The predicted octanol–water partition coefficient (Wildman–Crippen LogP) is 9.07. The zero-order valence-electron chi connectivity index (χ0n) is 22.6. The molecule has 0 spiro atoms. The van der Waals surface area contributed by atoms with Gasteiger partial charge in [0.1, 0.15) is 5.75 Å². The van der Waals surface area contributed by atoms with Crippen molar-refractivity contribution in [1.29, 1.82) is 0 Å². The van der Waals surface area contributed by atoms with Crippen molar-refractivity contribution in [2.75, 3.05) is 12.4 Å². The van der Waals surface area contributed by atoms with Crippen LogP contribution in [0.2, 0.25) is 0 Å². The fraction of sp³-hybridized carbons (Fsp3) is 0.656. The van der Waals surface area contributed by atoms with E-state index in [0.717, 1.165) is 43.5 Å². The van der Waals surface area contributed by atoms with Crippen LogP contribution in [-0.4, -0.2) is 13.0 Å². The zero-order chi connectivity index (χ0) is 25.2. The van der Waals surface area contributed by atoms with Gasteiger partial charge in [-0.25, -0.2) is 0 Å². The third-order valence-corrected chi connectivity index (χ3v) is 6.20. The van der Waals surface area contributed by atoms with Crippen LogP contribution in [0.25, 0.3) is 0 Å². The highest BCUT2D eigenvalue weighted by molar-refractivity contribution is 5.90. The largest absolute Gasteiger partial charge is 0.497 e. The van der Waals surface area contributed by atoms with Gasteiger partial charge in [0.2, 0.25) is 5.91 Å². The minimum Gasteiger partial charge on any atom is -0.497 e. The Morgan fingerprint density at radius 3 is 1.80 bits per heavy atom. The number of carbonyl (C=O) groups is 1. The standard InChI is InChI=1S/C32H49NO2/c1-3-4-5-6-7-8-9-10-11-12-13-14-15-16-17-18-19-20-21-22-23-24-28-32(34)33-30-26-25-27-31(29-30)35-2/h25-27,29H,3-13,18-24,28H2,1-2H3,(H,33,34). The van der Waals surface area contributed by atoms with Gasteiger partial charge in [0.25, 0.3) is 0 Å². The number of methoxy groups -OCH3 is 1. The first-order valence-electron chi connectivity index (χ1n) is 14.2. The number of anilines is 1. The van der Waals surface area contributed by atoms with Crippen molar-refractivity contribution in [2.24, 2.45) is 0 Å². The molecule has 1 aromatic carbocycles.